The third-order valence-electron chi connectivity index (χ3n) is 3.46. The van der Waals surface area contributed by atoms with E-state index in [1.54, 1.807) is 31.1 Å². The second-order valence-corrected chi connectivity index (χ2v) is 6.51. The molecule has 2 amide bonds. The highest BCUT2D eigenvalue weighted by Crippen LogP contribution is 2.25. The summed E-state index contributed by atoms with van der Waals surface area (Å²) >= 11 is 1.41. The first-order chi connectivity index (χ1) is 11.5. The number of thiazole rings is 1. The van der Waals surface area contributed by atoms with Crippen LogP contribution in [0.25, 0.3) is 10.2 Å². The summed E-state index contributed by atoms with van der Waals surface area (Å²) in [7, 11) is 3.56. The van der Waals surface area contributed by atoms with E-state index in [-0.39, 0.29) is 18.4 Å². The molecule has 0 spiro atoms. The van der Waals surface area contributed by atoms with Gasteiger partial charge in [0.2, 0.25) is 0 Å². The van der Waals surface area contributed by atoms with Crippen molar-refractivity contribution in [1.29, 1.82) is 0 Å². The average Bonchev–Trinajstić information content (AvgIpc) is 2.94. The maximum atomic E-state index is 13.9. The van der Waals surface area contributed by atoms with E-state index in [0.29, 0.717) is 16.4 Å². The molecule has 3 rings (SSSR count). The van der Waals surface area contributed by atoms with Gasteiger partial charge in [-0.25, -0.2) is 14.2 Å². The number of fused-ring (bicyclic) bond motifs is 1. The van der Waals surface area contributed by atoms with Gasteiger partial charge in [-0.15, -0.1) is 0 Å². The maximum Gasteiger partial charge on any atom is 0.321 e. The molecule has 0 atom stereocenters. The fourth-order valence-corrected chi connectivity index (χ4v) is 3.13. The molecule has 2 N–H and O–H groups in total. The van der Waals surface area contributed by atoms with Gasteiger partial charge in [0.1, 0.15) is 5.82 Å². The number of hydrogen-bond donors (Lipinski definition) is 2. The lowest BCUT2D eigenvalue weighted by molar-refractivity contribution is 0.251. The monoisotopic (exact) mass is 344 g/mol. The van der Waals surface area contributed by atoms with E-state index in [2.05, 4.69) is 15.6 Å². The van der Waals surface area contributed by atoms with Crippen molar-refractivity contribution < 1.29 is 9.18 Å². The van der Waals surface area contributed by atoms with Crippen LogP contribution in [-0.4, -0.2) is 25.1 Å². The average molecular weight is 344 g/mol. The van der Waals surface area contributed by atoms with Crippen molar-refractivity contribution in [1.82, 2.24) is 10.3 Å². The van der Waals surface area contributed by atoms with Gasteiger partial charge >= 0.3 is 6.03 Å². The van der Waals surface area contributed by atoms with E-state index in [9.17, 15) is 9.18 Å². The Bertz CT molecular complexity index is 845. The van der Waals surface area contributed by atoms with E-state index in [1.807, 2.05) is 24.3 Å². The molecule has 0 unspecified atom stereocenters. The summed E-state index contributed by atoms with van der Waals surface area (Å²) in [5, 5.41) is 5.94. The maximum absolute atomic E-state index is 13.9. The second kappa shape index (κ2) is 6.84. The molecule has 0 saturated carbocycles. The number of nitrogens with one attached hydrogen (secondary N) is 2. The molecule has 1 aromatic heterocycles. The molecule has 124 valence electrons. The zero-order valence-corrected chi connectivity index (χ0v) is 14.2. The van der Waals surface area contributed by atoms with Crippen LogP contribution in [0.4, 0.5) is 20.0 Å². The van der Waals surface area contributed by atoms with E-state index < -0.39 is 0 Å². The molecular weight excluding hydrogens is 327 g/mol. The number of amides is 2. The number of halogens is 1. The molecule has 3 aromatic rings. The number of carbonyl (C=O) groups excluding carboxylic acids is 1. The summed E-state index contributed by atoms with van der Waals surface area (Å²) in [6, 6.07) is 12.2. The first-order valence-electron chi connectivity index (χ1n) is 7.39. The third kappa shape index (κ3) is 3.62. The molecule has 0 aliphatic carbocycles. The Morgan fingerprint density at radius 3 is 2.75 bits per heavy atom. The zero-order chi connectivity index (χ0) is 17.1. The lowest BCUT2D eigenvalue weighted by Gasteiger charge is -2.14. The molecular formula is C17H17FN4OS. The van der Waals surface area contributed by atoms with Crippen molar-refractivity contribution in [3.8, 4) is 0 Å². The molecule has 24 heavy (non-hydrogen) atoms. The van der Waals surface area contributed by atoms with Crippen LogP contribution in [0.5, 0.6) is 0 Å². The van der Waals surface area contributed by atoms with Crippen molar-refractivity contribution in [2.75, 3.05) is 24.3 Å². The van der Waals surface area contributed by atoms with Gasteiger partial charge in [0.25, 0.3) is 0 Å². The number of para-hydroxylation sites is 1. The van der Waals surface area contributed by atoms with E-state index in [0.717, 1.165) is 10.2 Å². The van der Waals surface area contributed by atoms with Crippen molar-refractivity contribution in [2.24, 2.45) is 0 Å². The summed E-state index contributed by atoms with van der Waals surface area (Å²) < 4.78 is 14.9. The van der Waals surface area contributed by atoms with Gasteiger partial charge < -0.3 is 10.2 Å². The molecule has 0 radical (unpaired) electrons. The van der Waals surface area contributed by atoms with Gasteiger partial charge in [0.05, 0.1) is 15.9 Å². The Morgan fingerprint density at radius 2 is 2.04 bits per heavy atom. The number of hydrogen-bond acceptors (Lipinski definition) is 4. The largest absolute Gasteiger partial charge is 0.375 e. The smallest absolute Gasteiger partial charge is 0.321 e. The first kappa shape index (κ1) is 16.2. The van der Waals surface area contributed by atoms with Crippen molar-refractivity contribution in [2.45, 2.75) is 6.54 Å². The minimum atomic E-state index is -0.369. The fourth-order valence-electron chi connectivity index (χ4n) is 2.27. The number of carbonyl (C=O) groups is 1. The summed E-state index contributed by atoms with van der Waals surface area (Å²) in [5.74, 6) is -0.314. The molecule has 0 saturated heterocycles. The van der Waals surface area contributed by atoms with Crippen LogP contribution in [0.15, 0.2) is 42.5 Å². The minimum absolute atomic E-state index is 0.237. The van der Waals surface area contributed by atoms with Gasteiger partial charge in [-0.05, 0) is 29.8 Å². The lowest BCUT2D eigenvalue weighted by atomic mass is 10.2. The Balaban J connectivity index is 1.60. The van der Waals surface area contributed by atoms with Crippen LogP contribution in [0.3, 0.4) is 0 Å². The zero-order valence-electron chi connectivity index (χ0n) is 13.3. The highest BCUT2D eigenvalue weighted by Gasteiger charge is 2.09. The molecule has 7 heteroatoms. The highest BCUT2D eigenvalue weighted by atomic mass is 32.1. The summed E-state index contributed by atoms with van der Waals surface area (Å²) in [5.41, 5.74) is 2.05. The van der Waals surface area contributed by atoms with Gasteiger partial charge in [-0.3, -0.25) is 5.32 Å². The van der Waals surface area contributed by atoms with Crippen LogP contribution >= 0.6 is 11.3 Å². The fraction of sp³-hybridized carbons (Fsp3) is 0.176. The normalized spacial score (nSPS) is 10.6. The number of anilines is 2. The number of nitrogens with zero attached hydrogens (tertiary/aromatic N) is 2. The number of aromatic nitrogens is 1. The van der Waals surface area contributed by atoms with Crippen LogP contribution in [-0.2, 0) is 6.54 Å². The van der Waals surface area contributed by atoms with Gasteiger partial charge in [0, 0.05) is 20.6 Å². The molecule has 0 fully saturated rings. The Morgan fingerprint density at radius 1 is 1.25 bits per heavy atom. The predicted octanol–water partition coefficient (Wildman–Crippen LogP) is 3.82. The number of urea groups is 1. The predicted molar refractivity (Wildman–Crippen MR) is 96.2 cm³/mol. The summed E-state index contributed by atoms with van der Waals surface area (Å²) in [6.07, 6.45) is 0. The number of benzene rings is 2. The van der Waals surface area contributed by atoms with Crippen LogP contribution in [0.2, 0.25) is 0 Å². The number of rotatable bonds is 4. The minimum Gasteiger partial charge on any atom is -0.375 e. The third-order valence-corrected chi connectivity index (χ3v) is 4.41. The lowest BCUT2D eigenvalue weighted by Crippen LogP contribution is -2.28. The van der Waals surface area contributed by atoms with E-state index >= 15 is 0 Å². The quantitative estimate of drug-likeness (QED) is 0.756. The molecule has 5 nitrogen and oxygen atoms in total. The van der Waals surface area contributed by atoms with Crippen LogP contribution in [0, 0.1) is 5.82 Å². The highest BCUT2D eigenvalue weighted by molar-refractivity contribution is 7.22. The van der Waals surface area contributed by atoms with E-state index in [4.69, 9.17) is 0 Å². The van der Waals surface area contributed by atoms with Gasteiger partial charge in [0.15, 0.2) is 5.13 Å². The van der Waals surface area contributed by atoms with Crippen molar-refractivity contribution in [3.63, 3.8) is 0 Å². The van der Waals surface area contributed by atoms with E-state index in [1.165, 1.54) is 17.4 Å². The first-order valence-corrected chi connectivity index (χ1v) is 8.21. The van der Waals surface area contributed by atoms with Gasteiger partial charge in [-0.2, -0.15) is 0 Å². The Hall–Kier alpha value is -2.67. The van der Waals surface area contributed by atoms with Gasteiger partial charge in [-0.1, -0.05) is 29.5 Å². The Labute approximate surface area is 143 Å². The van der Waals surface area contributed by atoms with Crippen molar-refractivity contribution in [3.05, 3.63) is 53.8 Å². The SMILES string of the molecule is CN(C)c1ccc(CNC(=O)Nc2nc3ccccc3s2)cc1F. The summed E-state index contributed by atoms with van der Waals surface area (Å²) in [6.45, 7) is 0.237. The standard InChI is InChI=1S/C17H17FN4OS/c1-22(2)14-8-7-11(9-12(14)18)10-19-16(23)21-17-20-13-5-3-4-6-15(13)24-17/h3-9H,10H2,1-2H3,(H2,19,20,21,23). The second-order valence-electron chi connectivity index (χ2n) is 5.47. The Kier molecular flexibility index (Phi) is 4.61. The molecule has 0 aliphatic rings. The molecule has 0 bridgehead atoms. The topological polar surface area (TPSA) is 57.3 Å². The molecule has 1 heterocycles. The van der Waals surface area contributed by atoms with Crippen LogP contribution in [0.1, 0.15) is 5.56 Å². The summed E-state index contributed by atoms with van der Waals surface area (Å²) in [4.78, 5) is 18.0. The van der Waals surface area contributed by atoms with Crippen molar-refractivity contribution >= 4 is 38.4 Å². The molecule has 0 aliphatic heterocycles. The molecule has 2 aromatic carbocycles. The van der Waals surface area contributed by atoms with Crippen LogP contribution < -0.4 is 15.5 Å².